The second-order valence-electron chi connectivity index (χ2n) is 3.40. The molecule has 0 amide bonds. The van der Waals surface area contributed by atoms with E-state index in [4.69, 9.17) is 0 Å². The highest BCUT2D eigenvalue weighted by Gasteiger charge is 2.55. The van der Waals surface area contributed by atoms with Gasteiger partial charge in [-0.2, -0.15) is 26.3 Å². The second-order valence-corrected chi connectivity index (χ2v) is 3.40. The number of hydrogen-bond donors (Lipinski definition) is 0. The molecule has 0 nitrogen and oxygen atoms in total. The van der Waals surface area contributed by atoms with Gasteiger partial charge in [0.2, 0.25) is 0 Å². The SMILES string of the molecule is FC(F)(F)C1C[CH]CCC1C(F)(F)F. The van der Waals surface area contributed by atoms with Gasteiger partial charge in [0.05, 0.1) is 11.8 Å². The van der Waals surface area contributed by atoms with E-state index in [1.807, 2.05) is 0 Å². The first-order chi connectivity index (χ1) is 6.23. The van der Waals surface area contributed by atoms with E-state index in [1.54, 1.807) is 0 Å². The van der Waals surface area contributed by atoms with Gasteiger partial charge >= 0.3 is 12.4 Å². The summed E-state index contributed by atoms with van der Waals surface area (Å²) in [4.78, 5) is 0. The Morgan fingerprint density at radius 3 is 1.71 bits per heavy atom. The molecule has 1 saturated carbocycles. The number of halogens is 6. The highest BCUT2D eigenvalue weighted by molar-refractivity contribution is 4.90. The van der Waals surface area contributed by atoms with E-state index in [1.165, 1.54) is 6.42 Å². The van der Waals surface area contributed by atoms with Crippen molar-refractivity contribution in [3.63, 3.8) is 0 Å². The average molecular weight is 219 g/mol. The Bertz CT molecular complexity index is 169. The number of hydrogen-bond acceptors (Lipinski definition) is 0. The van der Waals surface area contributed by atoms with Gasteiger partial charge in [-0.25, -0.2) is 0 Å². The molecule has 1 fully saturated rings. The molecule has 6 heteroatoms. The Morgan fingerprint density at radius 1 is 0.857 bits per heavy atom. The Hall–Kier alpha value is -0.420. The van der Waals surface area contributed by atoms with Crippen LogP contribution in [0.1, 0.15) is 19.3 Å². The summed E-state index contributed by atoms with van der Waals surface area (Å²) >= 11 is 0. The summed E-state index contributed by atoms with van der Waals surface area (Å²) in [6.45, 7) is 0. The Labute approximate surface area is 77.3 Å². The minimum Gasteiger partial charge on any atom is -0.171 e. The van der Waals surface area contributed by atoms with Gasteiger partial charge in [-0.15, -0.1) is 0 Å². The standard InChI is InChI=1S/C8H9F6/c9-7(10,11)5-3-1-2-4-6(5)8(12,13)14/h1,5-6H,2-4H2. The third kappa shape index (κ3) is 2.54. The maximum absolute atomic E-state index is 12.2. The van der Waals surface area contributed by atoms with Crippen LogP contribution in [0.2, 0.25) is 0 Å². The summed E-state index contributed by atoms with van der Waals surface area (Å²) in [5, 5.41) is 0. The van der Waals surface area contributed by atoms with Crippen molar-refractivity contribution in [2.24, 2.45) is 11.8 Å². The molecule has 2 atom stereocenters. The average Bonchev–Trinajstić information content (AvgIpc) is 2.01. The predicted octanol–water partition coefficient (Wildman–Crippen LogP) is 3.73. The summed E-state index contributed by atoms with van der Waals surface area (Å²) < 4.78 is 73.2. The highest BCUT2D eigenvalue weighted by Crippen LogP contribution is 2.47. The molecular formula is C8H9F6. The largest absolute Gasteiger partial charge is 0.392 e. The Morgan fingerprint density at radius 2 is 1.36 bits per heavy atom. The molecule has 0 aliphatic heterocycles. The van der Waals surface area contributed by atoms with Crippen molar-refractivity contribution in [1.29, 1.82) is 0 Å². The maximum atomic E-state index is 12.2. The van der Waals surface area contributed by atoms with E-state index < -0.39 is 37.0 Å². The zero-order valence-corrected chi connectivity index (χ0v) is 7.12. The van der Waals surface area contributed by atoms with Crippen LogP contribution < -0.4 is 0 Å². The Kier molecular flexibility index (Phi) is 3.02. The van der Waals surface area contributed by atoms with E-state index in [9.17, 15) is 26.3 Å². The van der Waals surface area contributed by atoms with Crippen LogP contribution in [-0.2, 0) is 0 Å². The number of rotatable bonds is 0. The fourth-order valence-electron chi connectivity index (χ4n) is 1.71. The lowest BCUT2D eigenvalue weighted by molar-refractivity contribution is -0.258. The van der Waals surface area contributed by atoms with Crippen LogP contribution in [0.3, 0.4) is 0 Å². The van der Waals surface area contributed by atoms with Gasteiger partial charge in [0.25, 0.3) is 0 Å². The van der Waals surface area contributed by atoms with Crippen molar-refractivity contribution < 1.29 is 26.3 Å². The van der Waals surface area contributed by atoms with Gasteiger partial charge in [0.15, 0.2) is 0 Å². The lowest BCUT2D eigenvalue weighted by atomic mass is 9.78. The van der Waals surface area contributed by atoms with Crippen molar-refractivity contribution in [1.82, 2.24) is 0 Å². The minimum absolute atomic E-state index is 0.108. The molecule has 1 rings (SSSR count). The van der Waals surface area contributed by atoms with Crippen molar-refractivity contribution in [3.05, 3.63) is 6.42 Å². The summed E-state index contributed by atoms with van der Waals surface area (Å²) in [6.07, 6.45) is -9.08. The van der Waals surface area contributed by atoms with Crippen LogP contribution in [0.4, 0.5) is 26.3 Å². The van der Waals surface area contributed by atoms with E-state index >= 15 is 0 Å². The molecule has 1 aliphatic carbocycles. The van der Waals surface area contributed by atoms with Crippen molar-refractivity contribution >= 4 is 0 Å². The molecule has 0 aromatic heterocycles. The third-order valence-electron chi connectivity index (χ3n) is 2.43. The maximum Gasteiger partial charge on any atom is 0.392 e. The van der Waals surface area contributed by atoms with Crippen molar-refractivity contribution in [2.75, 3.05) is 0 Å². The monoisotopic (exact) mass is 219 g/mol. The van der Waals surface area contributed by atoms with E-state index in [-0.39, 0.29) is 6.42 Å². The molecule has 0 bridgehead atoms. The fourth-order valence-corrected chi connectivity index (χ4v) is 1.71. The van der Waals surface area contributed by atoms with Crippen LogP contribution in [0, 0.1) is 18.3 Å². The lowest BCUT2D eigenvalue weighted by Crippen LogP contribution is -2.40. The molecule has 1 aliphatic rings. The third-order valence-corrected chi connectivity index (χ3v) is 2.43. The molecular weight excluding hydrogens is 210 g/mol. The van der Waals surface area contributed by atoms with Gasteiger partial charge in [0, 0.05) is 0 Å². The minimum atomic E-state index is -4.75. The smallest absolute Gasteiger partial charge is 0.171 e. The van der Waals surface area contributed by atoms with E-state index in [2.05, 4.69) is 0 Å². The molecule has 0 heterocycles. The van der Waals surface area contributed by atoms with E-state index in [0.717, 1.165) is 0 Å². The number of alkyl halides is 6. The molecule has 0 N–H and O–H groups in total. The van der Waals surface area contributed by atoms with Crippen LogP contribution in [0.5, 0.6) is 0 Å². The predicted molar refractivity (Wildman–Crippen MR) is 37.2 cm³/mol. The van der Waals surface area contributed by atoms with Crippen LogP contribution >= 0.6 is 0 Å². The first kappa shape index (κ1) is 11.7. The van der Waals surface area contributed by atoms with Gasteiger partial charge in [-0.3, -0.25) is 0 Å². The molecule has 14 heavy (non-hydrogen) atoms. The molecule has 2 unspecified atom stereocenters. The topological polar surface area (TPSA) is 0 Å². The summed E-state index contributed by atoms with van der Waals surface area (Å²) in [6, 6.07) is 0. The molecule has 83 valence electrons. The first-order valence-electron chi connectivity index (χ1n) is 4.18. The highest BCUT2D eigenvalue weighted by atomic mass is 19.4. The van der Waals surface area contributed by atoms with Crippen LogP contribution in [0.15, 0.2) is 0 Å². The zero-order chi connectivity index (χ0) is 11.0. The molecule has 1 radical (unpaired) electrons. The van der Waals surface area contributed by atoms with Gasteiger partial charge in [0.1, 0.15) is 0 Å². The normalized spacial score (nSPS) is 30.4. The quantitative estimate of drug-likeness (QED) is 0.544. The van der Waals surface area contributed by atoms with Gasteiger partial charge in [-0.05, 0) is 25.7 Å². The molecule has 0 aromatic carbocycles. The van der Waals surface area contributed by atoms with Crippen molar-refractivity contribution in [3.8, 4) is 0 Å². The summed E-state index contributed by atoms with van der Waals surface area (Å²) in [5.74, 6) is -4.48. The van der Waals surface area contributed by atoms with Crippen LogP contribution in [-0.4, -0.2) is 12.4 Å². The fraction of sp³-hybridized carbons (Fsp3) is 0.875. The first-order valence-corrected chi connectivity index (χ1v) is 4.18. The van der Waals surface area contributed by atoms with Crippen molar-refractivity contribution in [2.45, 2.75) is 31.6 Å². The van der Waals surface area contributed by atoms with Crippen LogP contribution in [0.25, 0.3) is 0 Å². The molecule has 0 aromatic rings. The summed E-state index contributed by atoms with van der Waals surface area (Å²) in [5.41, 5.74) is 0. The second kappa shape index (κ2) is 3.62. The molecule has 0 spiro atoms. The van der Waals surface area contributed by atoms with Gasteiger partial charge < -0.3 is 0 Å². The Balaban J connectivity index is 2.80. The van der Waals surface area contributed by atoms with Gasteiger partial charge in [-0.1, -0.05) is 0 Å². The zero-order valence-electron chi connectivity index (χ0n) is 7.12. The molecule has 0 saturated heterocycles. The van der Waals surface area contributed by atoms with E-state index in [0.29, 0.717) is 0 Å². The summed E-state index contributed by atoms with van der Waals surface area (Å²) in [7, 11) is 0. The lowest BCUT2D eigenvalue weighted by Gasteiger charge is -2.33.